The van der Waals surface area contributed by atoms with Gasteiger partial charge in [-0.2, -0.15) is 10.4 Å². The molecule has 4 aromatic rings. The van der Waals surface area contributed by atoms with Crippen LogP contribution in [-0.4, -0.2) is 50.2 Å². The van der Waals surface area contributed by atoms with Crippen molar-refractivity contribution in [2.45, 2.75) is 44.4 Å². The topological polar surface area (TPSA) is 90.8 Å². The summed E-state index contributed by atoms with van der Waals surface area (Å²) in [5.41, 5.74) is 4.55. The summed E-state index contributed by atoms with van der Waals surface area (Å²) >= 11 is 0. The van der Waals surface area contributed by atoms with Crippen LogP contribution in [0.5, 0.6) is 0 Å². The minimum absolute atomic E-state index is 0.197. The first-order valence-electron chi connectivity index (χ1n) is 11.1. The molecule has 8 nitrogen and oxygen atoms in total. The Balaban J connectivity index is 1.50. The largest absolute Gasteiger partial charge is 0.378 e. The Morgan fingerprint density at radius 1 is 1.19 bits per heavy atom. The molecule has 0 aliphatic carbocycles. The Morgan fingerprint density at radius 3 is 2.88 bits per heavy atom. The molecule has 5 heterocycles. The molecule has 3 aromatic heterocycles. The van der Waals surface area contributed by atoms with E-state index in [0.717, 1.165) is 66.0 Å². The zero-order valence-corrected chi connectivity index (χ0v) is 17.9. The van der Waals surface area contributed by atoms with Crippen molar-refractivity contribution in [1.82, 2.24) is 24.3 Å². The number of nitrogens with zero attached hydrogens (tertiary/aromatic N) is 6. The number of aromatic nitrogens is 5. The van der Waals surface area contributed by atoms with E-state index in [4.69, 9.17) is 14.5 Å². The van der Waals surface area contributed by atoms with Crippen LogP contribution in [0, 0.1) is 11.3 Å². The standard InChI is InChI=1S/C24H24N6O2/c1-15-6-18(4-5-32-15)30-23(8-17-10-27-29(12-17)19-13-31-14-19)28-22-11-26-21-3-2-16(9-25)7-20(21)24(22)30/h2-3,7,10-12,15,18-19H,4-6,8,13-14H2,1H3/t15-,18?/m1/s1. The summed E-state index contributed by atoms with van der Waals surface area (Å²) < 4.78 is 15.5. The van der Waals surface area contributed by atoms with Gasteiger partial charge in [-0.05, 0) is 43.5 Å². The molecular formula is C24H24N6O2. The maximum atomic E-state index is 9.47. The second-order valence-corrected chi connectivity index (χ2v) is 8.79. The van der Waals surface area contributed by atoms with Gasteiger partial charge in [-0.1, -0.05) is 0 Å². The van der Waals surface area contributed by atoms with E-state index in [-0.39, 0.29) is 12.1 Å². The molecular weight excluding hydrogens is 404 g/mol. The van der Waals surface area contributed by atoms with Gasteiger partial charge in [-0.15, -0.1) is 0 Å². The van der Waals surface area contributed by atoms with Gasteiger partial charge in [-0.25, -0.2) is 4.98 Å². The van der Waals surface area contributed by atoms with E-state index in [1.54, 1.807) is 0 Å². The third-order valence-corrected chi connectivity index (χ3v) is 6.55. The SMILES string of the molecule is C[C@@H]1CC(n2c(Cc3cnn(C4COC4)c3)nc3cnc4ccc(C#N)cc4c32)CCO1. The zero-order chi connectivity index (χ0) is 21.7. The molecule has 0 bridgehead atoms. The number of pyridine rings is 1. The highest BCUT2D eigenvalue weighted by Crippen LogP contribution is 2.34. The summed E-state index contributed by atoms with van der Waals surface area (Å²) in [5, 5.41) is 15.0. The van der Waals surface area contributed by atoms with Gasteiger partial charge < -0.3 is 14.0 Å². The Hall–Kier alpha value is -3.28. The van der Waals surface area contributed by atoms with Crippen molar-refractivity contribution in [2.75, 3.05) is 19.8 Å². The van der Waals surface area contributed by atoms with Crippen LogP contribution in [0.15, 0.2) is 36.8 Å². The monoisotopic (exact) mass is 428 g/mol. The van der Waals surface area contributed by atoms with Crippen molar-refractivity contribution >= 4 is 21.9 Å². The van der Waals surface area contributed by atoms with Crippen LogP contribution in [0.1, 0.15) is 48.8 Å². The Morgan fingerprint density at radius 2 is 2.09 bits per heavy atom. The van der Waals surface area contributed by atoms with Gasteiger partial charge >= 0.3 is 0 Å². The van der Waals surface area contributed by atoms with Crippen molar-refractivity contribution in [1.29, 1.82) is 5.26 Å². The molecule has 0 spiro atoms. The quantitative estimate of drug-likeness (QED) is 0.494. The molecule has 2 fully saturated rings. The molecule has 2 saturated heterocycles. The molecule has 0 N–H and O–H groups in total. The summed E-state index contributed by atoms with van der Waals surface area (Å²) in [4.78, 5) is 9.63. The van der Waals surface area contributed by atoms with Gasteiger partial charge in [0.15, 0.2) is 0 Å². The van der Waals surface area contributed by atoms with Crippen LogP contribution in [-0.2, 0) is 15.9 Å². The van der Waals surface area contributed by atoms with Crippen LogP contribution >= 0.6 is 0 Å². The van der Waals surface area contributed by atoms with E-state index < -0.39 is 0 Å². The van der Waals surface area contributed by atoms with Crippen LogP contribution < -0.4 is 0 Å². The van der Waals surface area contributed by atoms with E-state index in [1.807, 2.05) is 35.3 Å². The van der Waals surface area contributed by atoms with Crippen LogP contribution in [0.25, 0.3) is 21.9 Å². The van der Waals surface area contributed by atoms with E-state index in [2.05, 4.69) is 33.8 Å². The number of hydrogen-bond donors (Lipinski definition) is 0. The van der Waals surface area contributed by atoms with Crippen LogP contribution in [0.4, 0.5) is 0 Å². The van der Waals surface area contributed by atoms with Crippen molar-refractivity contribution < 1.29 is 9.47 Å². The number of imidazole rings is 1. The second kappa shape index (κ2) is 7.69. The Bertz CT molecular complexity index is 1350. The van der Waals surface area contributed by atoms with Gasteiger partial charge in [0.05, 0.1) is 60.4 Å². The van der Waals surface area contributed by atoms with Crippen molar-refractivity contribution in [3.8, 4) is 6.07 Å². The minimum Gasteiger partial charge on any atom is -0.378 e. The summed E-state index contributed by atoms with van der Waals surface area (Å²) in [6, 6.07) is 8.54. The molecule has 2 aliphatic rings. The third kappa shape index (κ3) is 3.25. The molecule has 6 rings (SSSR count). The molecule has 1 aromatic carbocycles. The average molecular weight is 428 g/mol. The van der Waals surface area contributed by atoms with Gasteiger partial charge in [0, 0.05) is 30.7 Å². The number of benzene rings is 1. The van der Waals surface area contributed by atoms with Gasteiger partial charge in [0.2, 0.25) is 0 Å². The molecule has 2 aliphatic heterocycles. The van der Waals surface area contributed by atoms with E-state index in [9.17, 15) is 5.26 Å². The van der Waals surface area contributed by atoms with Crippen LogP contribution in [0.3, 0.4) is 0 Å². The molecule has 0 amide bonds. The lowest BCUT2D eigenvalue weighted by atomic mass is 10.0. The summed E-state index contributed by atoms with van der Waals surface area (Å²) in [6.07, 6.45) is 8.63. The lowest BCUT2D eigenvalue weighted by molar-refractivity contribution is -0.0286. The number of rotatable bonds is 4. The number of ether oxygens (including phenoxy) is 2. The normalized spacial score (nSPS) is 21.6. The third-order valence-electron chi connectivity index (χ3n) is 6.55. The van der Waals surface area contributed by atoms with Crippen molar-refractivity contribution in [3.05, 3.63) is 53.7 Å². The Labute approximate surface area is 185 Å². The molecule has 32 heavy (non-hydrogen) atoms. The fourth-order valence-corrected chi connectivity index (χ4v) is 4.85. The van der Waals surface area contributed by atoms with Crippen LogP contribution in [0.2, 0.25) is 0 Å². The highest BCUT2D eigenvalue weighted by molar-refractivity contribution is 6.02. The van der Waals surface area contributed by atoms with E-state index >= 15 is 0 Å². The first-order valence-corrected chi connectivity index (χ1v) is 11.1. The smallest absolute Gasteiger partial charge is 0.114 e. The molecule has 2 atom stereocenters. The first kappa shape index (κ1) is 19.4. The van der Waals surface area contributed by atoms with E-state index in [0.29, 0.717) is 18.0 Å². The summed E-state index contributed by atoms with van der Waals surface area (Å²) in [7, 11) is 0. The second-order valence-electron chi connectivity index (χ2n) is 8.79. The number of hydrogen-bond acceptors (Lipinski definition) is 6. The zero-order valence-electron chi connectivity index (χ0n) is 17.9. The average Bonchev–Trinajstić information content (AvgIpc) is 3.36. The molecule has 162 valence electrons. The highest BCUT2D eigenvalue weighted by atomic mass is 16.5. The van der Waals surface area contributed by atoms with Gasteiger partial charge in [-0.3, -0.25) is 9.67 Å². The molecule has 0 radical (unpaired) electrons. The predicted molar refractivity (Wildman–Crippen MR) is 118 cm³/mol. The number of fused-ring (bicyclic) bond motifs is 3. The highest BCUT2D eigenvalue weighted by Gasteiger charge is 2.27. The van der Waals surface area contributed by atoms with Crippen molar-refractivity contribution in [2.24, 2.45) is 0 Å². The fraction of sp³-hybridized carbons (Fsp3) is 0.417. The molecule has 0 saturated carbocycles. The maximum absolute atomic E-state index is 9.47. The maximum Gasteiger partial charge on any atom is 0.114 e. The predicted octanol–water partition coefficient (Wildman–Crippen LogP) is 3.55. The van der Waals surface area contributed by atoms with Gasteiger partial charge in [0.25, 0.3) is 0 Å². The fourth-order valence-electron chi connectivity index (χ4n) is 4.85. The minimum atomic E-state index is 0.197. The first-order chi connectivity index (χ1) is 15.7. The Kier molecular flexibility index (Phi) is 4.67. The molecule has 1 unspecified atom stereocenters. The summed E-state index contributed by atoms with van der Waals surface area (Å²) in [6.45, 7) is 4.30. The molecule has 8 heteroatoms. The van der Waals surface area contributed by atoms with Crippen molar-refractivity contribution in [3.63, 3.8) is 0 Å². The van der Waals surface area contributed by atoms with E-state index in [1.165, 1.54) is 0 Å². The lowest BCUT2D eigenvalue weighted by Crippen LogP contribution is -2.30. The summed E-state index contributed by atoms with van der Waals surface area (Å²) in [5.74, 6) is 1.00. The van der Waals surface area contributed by atoms with Gasteiger partial charge in [0.1, 0.15) is 11.3 Å². The lowest BCUT2D eigenvalue weighted by Gasteiger charge is -2.30. The number of nitriles is 1.